The van der Waals surface area contributed by atoms with Gasteiger partial charge in [-0.2, -0.15) is 0 Å². The molecule has 0 fully saturated rings. The maximum atomic E-state index is 9.84. The van der Waals surface area contributed by atoms with Gasteiger partial charge in [0.15, 0.2) is 11.5 Å². The predicted octanol–water partition coefficient (Wildman–Crippen LogP) is 5.70. The zero-order chi connectivity index (χ0) is 17.0. The van der Waals surface area contributed by atoms with Gasteiger partial charge < -0.3 is 10.2 Å². The third-order valence-corrected chi connectivity index (χ3v) is 5.55. The van der Waals surface area contributed by atoms with Crippen molar-refractivity contribution in [3.63, 3.8) is 0 Å². The lowest BCUT2D eigenvalue weighted by molar-refractivity contribution is 0.401. The zero-order valence-corrected chi connectivity index (χ0v) is 16.2. The number of halogens is 1. The summed E-state index contributed by atoms with van der Waals surface area (Å²) in [6, 6.07) is 10.1. The van der Waals surface area contributed by atoms with E-state index in [2.05, 4.69) is 61.6 Å². The fourth-order valence-electron chi connectivity index (χ4n) is 2.91. The van der Waals surface area contributed by atoms with Crippen molar-refractivity contribution in [3.8, 4) is 11.5 Å². The Labute approximate surface area is 152 Å². The Kier molecular flexibility index (Phi) is 6.33. The number of phenols is 2. The van der Waals surface area contributed by atoms with Crippen LogP contribution in [0.3, 0.4) is 0 Å². The van der Waals surface area contributed by atoms with E-state index in [1.165, 1.54) is 14.7 Å². The van der Waals surface area contributed by atoms with E-state index in [9.17, 15) is 10.2 Å². The molecule has 0 amide bonds. The quantitative estimate of drug-likeness (QED) is 0.462. The lowest BCUT2D eigenvalue weighted by Gasteiger charge is -2.18. The molecule has 0 aliphatic heterocycles. The van der Waals surface area contributed by atoms with Crippen LogP contribution in [-0.4, -0.2) is 10.2 Å². The van der Waals surface area contributed by atoms with Gasteiger partial charge in [0.05, 0.1) is 0 Å². The first-order chi connectivity index (χ1) is 10.9. The second kappa shape index (κ2) is 8.04. The topological polar surface area (TPSA) is 40.5 Å². The molecule has 0 aromatic heterocycles. The fraction of sp³-hybridized carbons (Fsp3) is 0.400. The van der Waals surface area contributed by atoms with Crippen LogP contribution in [0.4, 0.5) is 0 Å². The van der Waals surface area contributed by atoms with Crippen molar-refractivity contribution in [2.24, 2.45) is 0 Å². The number of rotatable bonds is 6. The highest BCUT2D eigenvalue weighted by molar-refractivity contribution is 14.1. The normalized spacial score (nSPS) is 12.3. The van der Waals surface area contributed by atoms with E-state index in [-0.39, 0.29) is 11.5 Å². The summed E-state index contributed by atoms with van der Waals surface area (Å²) in [7, 11) is 0. The van der Waals surface area contributed by atoms with Gasteiger partial charge in [0.25, 0.3) is 0 Å². The number of hydrogen-bond acceptors (Lipinski definition) is 2. The van der Waals surface area contributed by atoms with Gasteiger partial charge in [-0.25, -0.2) is 0 Å². The molecule has 2 aromatic carbocycles. The van der Waals surface area contributed by atoms with Gasteiger partial charge in [0.2, 0.25) is 0 Å². The Morgan fingerprint density at radius 2 is 1.74 bits per heavy atom. The van der Waals surface area contributed by atoms with Crippen LogP contribution in [0.15, 0.2) is 30.3 Å². The van der Waals surface area contributed by atoms with E-state index in [1.807, 2.05) is 0 Å². The summed E-state index contributed by atoms with van der Waals surface area (Å²) < 4.78 is 1.31. The molecule has 3 heteroatoms. The van der Waals surface area contributed by atoms with Crippen molar-refractivity contribution in [2.45, 2.75) is 52.4 Å². The number of phenolic OH excluding ortho intramolecular Hbond substituents is 2. The van der Waals surface area contributed by atoms with Crippen LogP contribution in [0, 0.1) is 10.5 Å². The Hall–Kier alpha value is -1.23. The molecule has 0 heterocycles. The van der Waals surface area contributed by atoms with Gasteiger partial charge in [0, 0.05) is 3.57 Å². The van der Waals surface area contributed by atoms with E-state index in [0.717, 1.165) is 36.8 Å². The van der Waals surface area contributed by atoms with Crippen molar-refractivity contribution < 1.29 is 10.2 Å². The van der Waals surface area contributed by atoms with E-state index < -0.39 is 0 Å². The van der Waals surface area contributed by atoms with Crippen molar-refractivity contribution in [1.29, 1.82) is 0 Å². The highest BCUT2D eigenvalue weighted by Gasteiger charge is 2.14. The molecule has 0 saturated heterocycles. The van der Waals surface area contributed by atoms with Gasteiger partial charge in [-0.05, 0) is 95.1 Å². The van der Waals surface area contributed by atoms with E-state index in [4.69, 9.17) is 0 Å². The largest absolute Gasteiger partial charge is 0.504 e. The molecule has 2 aromatic rings. The van der Waals surface area contributed by atoms with E-state index in [1.54, 1.807) is 12.1 Å². The first kappa shape index (κ1) is 18.1. The average Bonchev–Trinajstić information content (AvgIpc) is 2.51. The number of aryl methyl sites for hydroxylation is 3. The predicted molar refractivity (Wildman–Crippen MR) is 104 cm³/mol. The van der Waals surface area contributed by atoms with Gasteiger partial charge in [-0.15, -0.1) is 0 Å². The highest BCUT2D eigenvalue weighted by atomic mass is 127. The maximum Gasteiger partial charge on any atom is 0.157 e. The minimum atomic E-state index is -0.0170. The monoisotopic (exact) mass is 424 g/mol. The average molecular weight is 424 g/mol. The Morgan fingerprint density at radius 1 is 1.04 bits per heavy atom. The molecule has 1 unspecified atom stereocenters. The van der Waals surface area contributed by atoms with Crippen LogP contribution in [0.25, 0.3) is 0 Å². The van der Waals surface area contributed by atoms with Gasteiger partial charge in [0.1, 0.15) is 0 Å². The van der Waals surface area contributed by atoms with Crippen molar-refractivity contribution >= 4 is 22.6 Å². The Balaban J connectivity index is 2.14. The van der Waals surface area contributed by atoms with Crippen LogP contribution in [-0.2, 0) is 12.8 Å². The van der Waals surface area contributed by atoms with Crippen LogP contribution in [0.1, 0.15) is 54.9 Å². The molecule has 2 rings (SSSR count). The lowest BCUT2D eigenvalue weighted by Crippen LogP contribution is -2.02. The zero-order valence-electron chi connectivity index (χ0n) is 14.1. The Bertz CT molecular complexity index is 680. The SMILES string of the molecule is CCCc1cc(O)c(O)cc1C(C)CCc1ccc(C)c(I)c1. The second-order valence-corrected chi connectivity index (χ2v) is 7.48. The second-order valence-electron chi connectivity index (χ2n) is 6.31. The first-order valence-corrected chi connectivity index (χ1v) is 9.30. The molecule has 124 valence electrons. The summed E-state index contributed by atoms with van der Waals surface area (Å²) in [6.07, 6.45) is 4.00. The summed E-state index contributed by atoms with van der Waals surface area (Å²) in [5.74, 6) is 0.316. The maximum absolute atomic E-state index is 9.84. The molecule has 1 atom stereocenters. The fourth-order valence-corrected chi connectivity index (χ4v) is 3.49. The highest BCUT2D eigenvalue weighted by Crippen LogP contribution is 2.34. The minimum absolute atomic E-state index is 0.0162. The molecule has 23 heavy (non-hydrogen) atoms. The molecule has 0 aliphatic carbocycles. The molecule has 0 saturated carbocycles. The number of hydrogen-bond donors (Lipinski definition) is 2. The summed E-state index contributed by atoms with van der Waals surface area (Å²) in [5.41, 5.74) is 4.97. The molecule has 2 nitrogen and oxygen atoms in total. The number of aromatic hydroxyl groups is 2. The molecule has 2 N–H and O–H groups in total. The lowest BCUT2D eigenvalue weighted by atomic mass is 9.88. The van der Waals surface area contributed by atoms with Crippen molar-refractivity contribution in [3.05, 3.63) is 56.2 Å². The van der Waals surface area contributed by atoms with Crippen molar-refractivity contribution in [1.82, 2.24) is 0 Å². The molecular formula is C20H25IO2. The summed E-state index contributed by atoms with van der Waals surface area (Å²) in [4.78, 5) is 0. The van der Waals surface area contributed by atoms with E-state index in [0.29, 0.717) is 5.92 Å². The van der Waals surface area contributed by atoms with Gasteiger partial charge in [-0.3, -0.25) is 0 Å². The molecule has 0 spiro atoms. The first-order valence-electron chi connectivity index (χ1n) is 8.22. The minimum Gasteiger partial charge on any atom is -0.504 e. The number of benzene rings is 2. The van der Waals surface area contributed by atoms with E-state index >= 15 is 0 Å². The third kappa shape index (κ3) is 4.63. The molecular weight excluding hydrogens is 399 g/mol. The smallest absolute Gasteiger partial charge is 0.157 e. The third-order valence-electron chi connectivity index (χ3n) is 4.39. The van der Waals surface area contributed by atoms with Crippen molar-refractivity contribution in [2.75, 3.05) is 0 Å². The molecule has 0 radical (unpaired) electrons. The summed E-state index contributed by atoms with van der Waals surface area (Å²) in [5, 5.41) is 19.6. The van der Waals surface area contributed by atoms with Crippen LogP contribution >= 0.6 is 22.6 Å². The van der Waals surface area contributed by atoms with Crippen LogP contribution < -0.4 is 0 Å². The van der Waals surface area contributed by atoms with Crippen LogP contribution in [0.5, 0.6) is 11.5 Å². The summed E-state index contributed by atoms with van der Waals surface area (Å²) >= 11 is 2.38. The Morgan fingerprint density at radius 3 is 2.39 bits per heavy atom. The molecule has 0 aliphatic rings. The van der Waals surface area contributed by atoms with Gasteiger partial charge in [-0.1, -0.05) is 32.4 Å². The molecule has 0 bridgehead atoms. The van der Waals surface area contributed by atoms with Gasteiger partial charge >= 0.3 is 0 Å². The van der Waals surface area contributed by atoms with Crippen LogP contribution in [0.2, 0.25) is 0 Å². The standard InChI is InChI=1S/C20H25IO2/c1-4-5-16-11-19(22)20(23)12-17(16)13(2)6-8-15-9-7-14(3)18(21)10-15/h7,9-13,22-23H,4-6,8H2,1-3H3. The summed E-state index contributed by atoms with van der Waals surface area (Å²) in [6.45, 7) is 6.46.